The number of hydrogen-bond acceptors (Lipinski definition) is 6. The lowest BCUT2D eigenvalue weighted by molar-refractivity contribution is -0.129. The zero-order chi connectivity index (χ0) is 29.4. The zero-order valence-corrected chi connectivity index (χ0v) is 24.1. The Morgan fingerprint density at radius 3 is 2.76 bits per heavy atom. The maximum Gasteiger partial charge on any atom is 0.246 e. The first-order valence-electron chi connectivity index (χ1n) is 13.1. The molecule has 1 aliphatic rings. The highest BCUT2D eigenvalue weighted by Gasteiger charge is 2.30. The summed E-state index contributed by atoms with van der Waals surface area (Å²) in [6, 6.07) is 3.65. The van der Waals surface area contributed by atoms with Crippen molar-refractivity contribution in [1.82, 2.24) is 29.4 Å². The molecular formula is C30H30F2N6O2S. The highest BCUT2D eigenvalue weighted by Crippen LogP contribution is 2.44. The van der Waals surface area contributed by atoms with E-state index in [9.17, 15) is 9.18 Å². The fourth-order valence-corrected chi connectivity index (χ4v) is 5.98. The van der Waals surface area contributed by atoms with Gasteiger partial charge in [0, 0.05) is 46.6 Å². The van der Waals surface area contributed by atoms with E-state index in [0.29, 0.717) is 40.4 Å². The molecule has 5 rings (SSSR count). The number of carbonyl (C=O) groups is 1. The minimum atomic E-state index is -0.856. The standard InChI is InChI=1S/C30H30F2N6O2S/c1-7-25(39)37-16-21-12-24(35-38(21)14-18(37)4)29-27(26(23(32)8-10-31)19(5)40-17(2)3)30-22(9-11-41-30)28(34-29)20-13-33-36(6)15-20/h7-13,15,17-18H,1,5,14,16H2,2-4,6H3/b10-8+,26-23-/t18-/m1/s1. The van der Waals surface area contributed by atoms with Gasteiger partial charge in [-0.1, -0.05) is 13.2 Å². The molecule has 0 aliphatic carbocycles. The Morgan fingerprint density at radius 1 is 1.32 bits per heavy atom. The molecule has 0 N–H and O–H groups in total. The maximum atomic E-state index is 15.8. The number of ether oxygens (including phenoxy) is 1. The Labute approximate surface area is 240 Å². The third-order valence-corrected chi connectivity index (χ3v) is 7.74. The molecule has 5 heterocycles. The average molecular weight is 577 g/mol. The van der Waals surface area contributed by atoms with Crippen molar-refractivity contribution in [3.63, 3.8) is 0 Å². The van der Waals surface area contributed by atoms with Crippen LogP contribution in [0.3, 0.4) is 0 Å². The van der Waals surface area contributed by atoms with Crippen LogP contribution in [0.25, 0.3) is 38.3 Å². The highest BCUT2D eigenvalue weighted by atomic mass is 32.1. The van der Waals surface area contributed by atoms with Gasteiger partial charge in [-0.2, -0.15) is 10.2 Å². The quantitative estimate of drug-likeness (QED) is 0.135. The van der Waals surface area contributed by atoms with Crippen LogP contribution < -0.4 is 0 Å². The molecule has 11 heteroatoms. The maximum absolute atomic E-state index is 15.8. The fraction of sp³-hybridized carbons (Fsp3) is 0.267. The van der Waals surface area contributed by atoms with Gasteiger partial charge in [0.2, 0.25) is 5.91 Å². The minimum Gasteiger partial charge on any atom is -0.491 e. The number of rotatable bonds is 8. The second-order valence-corrected chi connectivity index (χ2v) is 11.0. The molecule has 0 spiro atoms. The molecule has 0 unspecified atom stereocenters. The number of hydrogen-bond donors (Lipinski definition) is 0. The van der Waals surface area contributed by atoms with Gasteiger partial charge in [-0.3, -0.25) is 14.2 Å². The molecule has 0 saturated carbocycles. The lowest BCUT2D eigenvalue weighted by Gasteiger charge is -2.33. The number of fused-ring (bicyclic) bond motifs is 2. The Bertz CT molecular complexity index is 1730. The average Bonchev–Trinajstić information content (AvgIpc) is 3.67. The van der Waals surface area contributed by atoms with Crippen LogP contribution in [0.15, 0.2) is 73.1 Å². The van der Waals surface area contributed by atoms with E-state index >= 15 is 4.39 Å². The second kappa shape index (κ2) is 11.2. The number of pyridine rings is 1. The molecule has 41 heavy (non-hydrogen) atoms. The summed E-state index contributed by atoms with van der Waals surface area (Å²) in [4.78, 5) is 19.3. The summed E-state index contributed by atoms with van der Waals surface area (Å²) in [5.41, 5.74) is 3.45. The predicted octanol–water partition coefficient (Wildman–Crippen LogP) is 6.58. The van der Waals surface area contributed by atoms with Crippen LogP contribution in [0.2, 0.25) is 0 Å². The number of allylic oxidation sites excluding steroid dienone is 3. The number of aryl methyl sites for hydroxylation is 1. The van der Waals surface area contributed by atoms with E-state index in [4.69, 9.17) is 14.8 Å². The third-order valence-electron chi connectivity index (χ3n) is 6.81. The van der Waals surface area contributed by atoms with Crippen LogP contribution in [0.5, 0.6) is 0 Å². The first-order chi connectivity index (χ1) is 19.6. The molecule has 0 bridgehead atoms. The normalized spacial score (nSPS) is 15.9. The van der Waals surface area contributed by atoms with Gasteiger partial charge >= 0.3 is 0 Å². The van der Waals surface area contributed by atoms with E-state index in [1.165, 1.54) is 17.4 Å². The van der Waals surface area contributed by atoms with Crippen molar-refractivity contribution in [3.05, 3.63) is 84.4 Å². The highest BCUT2D eigenvalue weighted by molar-refractivity contribution is 7.17. The van der Waals surface area contributed by atoms with Crippen LogP contribution in [-0.2, 0) is 29.7 Å². The van der Waals surface area contributed by atoms with Gasteiger partial charge in [-0.25, -0.2) is 13.8 Å². The Morgan fingerprint density at radius 2 is 2.10 bits per heavy atom. The van der Waals surface area contributed by atoms with Crippen LogP contribution in [0, 0.1) is 0 Å². The molecule has 212 valence electrons. The molecular weight excluding hydrogens is 546 g/mol. The molecule has 0 saturated heterocycles. The third kappa shape index (κ3) is 5.24. The molecule has 1 aliphatic heterocycles. The topological polar surface area (TPSA) is 78.1 Å². The van der Waals surface area contributed by atoms with Gasteiger partial charge in [0.05, 0.1) is 48.7 Å². The van der Waals surface area contributed by atoms with Crippen LogP contribution in [0.1, 0.15) is 32.0 Å². The fourth-order valence-electron chi connectivity index (χ4n) is 5.03. The van der Waals surface area contributed by atoms with Crippen molar-refractivity contribution >= 4 is 32.9 Å². The zero-order valence-electron chi connectivity index (χ0n) is 23.3. The van der Waals surface area contributed by atoms with E-state index < -0.39 is 5.83 Å². The number of aromatic nitrogens is 5. The van der Waals surface area contributed by atoms with E-state index in [2.05, 4.69) is 18.3 Å². The molecule has 4 aromatic heterocycles. The largest absolute Gasteiger partial charge is 0.491 e. The van der Waals surface area contributed by atoms with E-state index in [1.807, 2.05) is 42.4 Å². The summed E-state index contributed by atoms with van der Waals surface area (Å²) in [5.74, 6) is -0.982. The van der Waals surface area contributed by atoms with Gasteiger partial charge in [0.15, 0.2) is 0 Å². The Hall–Kier alpha value is -4.38. The molecule has 1 atom stereocenters. The summed E-state index contributed by atoms with van der Waals surface area (Å²) in [5, 5.41) is 11.8. The summed E-state index contributed by atoms with van der Waals surface area (Å²) < 4.78 is 39.2. The van der Waals surface area contributed by atoms with Crippen molar-refractivity contribution in [2.45, 2.75) is 46.0 Å². The number of nitrogens with zero attached hydrogens (tertiary/aromatic N) is 6. The summed E-state index contributed by atoms with van der Waals surface area (Å²) in [7, 11) is 1.82. The molecule has 4 aromatic rings. The number of thiophene rings is 1. The molecule has 1 amide bonds. The first-order valence-corrected chi connectivity index (χ1v) is 13.9. The minimum absolute atomic E-state index is 0.0110. The summed E-state index contributed by atoms with van der Waals surface area (Å²) in [6.07, 6.45) is 5.44. The lowest BCUT2D eigenvalue weighted by Crippen LogP contribution is -2.44. The molecule has 0 radical (unpaired) electrons. The van der Waals surface area contributed by atoms with E-state index in [-0.39, 0.29) is 35.7 Å². The van der Waals surface area contributed by atoms with Gasteiger partial charge in [0.1, 0.15) is 23.0 Å². The van der Waals surface area contributed by atoms with Crippen molar-refractivity contribution < 1.29 is 18.3 Å². The van der Waals surface area contributed by atoms with Crippen molar-refractivity contribution in [3.8, 4) is 22.6 Å². The van der Waals surface area contributed by atoms with Crippen molar-refractivity contribution in [1.29, 1.82) is 0 Å². The lowest BCUT2D eigenvalue weighted by atomic mass is 9.96. The second-order valence-electron chi connectivity index (χ2n) is 10.1. The number of amides is 1. The van der Waals surface area contributed by atoms with Crippen LogP contribution in [0.4, 0.5) is 8.78 Å². The van der Waals surface area contributed by atoms with E-state index in [1.54, 1.807) is 29.6 Å². The SMILES string of the molecule is C=CC(=O)N1Cc2cc(-c3nc(-c4cnn(C)c4)c4ccsc4c3/C(C(=C)OC(C)C)=C(F)/C=C/F)nn2C[C@H]1C. The van der Waals surface area contributed by atoms with Gasteiger partial charge in [0.25, 0.3) is 0 Å². The molecule has 0 aromatic carbocycles. The smallest absolute Gasteiger partial charge is 0.246 e. The summed E-state index contributed by atoms with van der Waals surface area (Å²) in [6.45, 7) is 14.0. The van der Waals surface area contributed by atoms with Crippen LogP contribution in [-0.4, -0.2) is 47.5 Å². The van der Waals surface area contributed by atoms with Crippen molar-refractivity contribution in [2.75, 3.05) is 0 Å². The monoisotopic (exact) mass is 576 g/mol. The molecule has 0 fully saturated rings. The Balaban J connectivity index is 1.81. The summed E-state index contributed by atoms with van der Waals surface area (Å²) >= 11 is 1.40. The number of halogens is 2. The van der Waals surface area contributed by atoms with E-state index in [0.717, 1.165) is 22.7 Å². The molecule has 8 nitrogen and oxygen atoms in total. The Kier molecular flexibility index (Phi) is 7.72. The van der Waals surface area contributed by atoms with Gasteiger partial charge in [-0.15, -0.1) is 11.3 Å². The van der Waals surface area contributed by atoms with Gasteiger partial charge < -0.3 is 9.64 Å². The van der Waals surface area contributed by atoms with Crippen molar-refractivity contribution in [2.24, 2.45) is 7.05 Å². The predicted molar refractivity (Wildman–Crippen MR) is 157 cm³/mol. The van der Waals surface area contributed by atoms with Crippen LogP contribution >= 0.6 is 11.3 Å². The van der Waals surface area contributed by atoms with Gasteiger partial charge in [-0.05, 0) is 44.4 Å². The number of carbonyl (C=O) groups excluding carboxylic acids is 1. The first kappa shape index (κ1) is 28.2.